The Hall–Kier alpha value is -4.20. The van der Waals surface area contributed by atoms with Crippen LogP contribution in [0.1, 0.15) is 18.9 Å². The molecule has 33 heavy (non-hydrogen) atoms. The highest BCUT2D eigenvalue weighted by molar-refractivity contribution is 5.92. The zero-order valence-corrected chi connectivity index (χ0v) is 18.1. The highest BCUT2D eigenvalue weighted by Crippen LogP contribution is 2.11. The van der Waals surface area contributed by atoms with E-state index in [2.05, 4.69) is 58.6 Å². The average molecular weight is 451 g/mol. The average Bonchev–Trinajstić information content (AvgIpc) is 2.81. The molecule has 8 heteroatoms. The summed E-state index contributed by atoms with van der Waals surface area (Å²) in [5, 5.41) is 13.6. The molecule has 0 heterocycles. The molecule has 0 aromatic heterocycles. The maximum atomic E-state index is 11.8. The summed E-state index contributed by atoms with van der Waals surface area (Å²) >= 11 is 0. The van der Waals surface area contributed by atoms with E-state index in [4.69, 9.17) is 9.84 Å². The van der Waals surface area contributed by atoms with E-state index in [9.17, 15) is 19.2 Å². The van der Waals surface area contributed by atoms with E-state index >= 15 is 0 Å². The molecule has 0 radical (unpaired) electrons. The summed E-state index contributed by atoms with van der Waals surface area (Å²) in [5.74, 6) is -2.70. The number of hydrogen-bond acceptors (Lipinski definition) is 6. The highest BCUT2D eigenvalue weighted by Gasteiger charge is 2.25. The van der Waals surface area contributed by atoms with E-state index in [0.29, 0.717) is 0 Å². The van der Waals surface area contributed by atoms with Crippen LogP contribution in [0.4, 0.5) is 4.79 Å². The molecule has 3 aromatic carbocycles. The number of carboxylic acids is 1. The second-order valence-electron chi connectivity index (χ2n) is 6.95. The molecular weight excluding hydrogens is 426 g/mol. The van der Waals surface area contributed by atoms with Crippen LogP contribution in [0.3, 0.4) is 0 Å². The Kier molecular flexibility index (Phi) is 10.1. The van der Waals surface area contributed by atoms with Crippen LogP contribution in [0, 0.1) is 0 Å². The van der Waals surface area contributed by atoms with Crippen molar-refractivity contribution >= 4 is 34.6 Å². The fourth-order valence-corrected chi connectivity index (χ4v) is 2.73. The van der Waals surface area contributed by atoms with Crippen molar-refractivity contribution in [3.63, 3.8) is 0 Å². The van der Waals surface area contributed by atoms with Gasteiger partial charge in [-0.05, 0) is 16.3 Å². The molecule has 1 amide bonds. The maximum Gasteiger partial charge on any atom is 0.408 e. The van der Waals surface area contributed by atoms with Crippen LogP contribution >= 0.6 is 0 Å². The topological polar surface area (TPSA) is 119 Å². The monoisotopic (exact) mass is 451 g/mol. The molecule has 0 saturated carbocycles. The van der Waals surface area contributed by atoms with Gasteiger partial charge in [0, 0.05) is 6.92 Å². The first-order valence-corrected chi connectivity index (χ1v) is 10.1. The van der Waals surface area contributed by atoms with Crippen molar-refractivity contribution in [2.24, 2.45) is 0 Å². The lowest BCUT2D eigenvalue weighted by atomic mass is 10.1. The maximum absolute atomic E-state index is 11.8. The zero-order chi connectivity index (χ0) is 24.1. The Morgan fingerprint density at radius 2 is 1.33 bits per heavy atom. The fraction of sp³-hybridized carbons (Fsp3) is 0.200. The minimum atomic E-state index is -1.34. The third kappa shape index (κ3) is 9.65. The molecule has 0 aliphatic carbocycles. The van der Waals surface area contributed by atoms with Gasteiger partial charge < -0.3 is 19.9 Å². The summed E-state index contributed by atoms with van der Waals surface area (Å²) < 4.78 is 9.42. The number of carbonyl (C=O) groups is 4. The molecule has 0 spiro atoms. The number of carboxylic acid groups (broad SMARTS) is 1. The lowest BCUT2D eigenvalue weighted by Gasteiger charge is -2.15. The van der Waals surface area contributed by atoms with Crippen molar-refractivity contribution in [3.8, 4) is 0 Å². The van der Waals surface area contributed by atoms with Crippen molar-refractivity contribution in [1.82, 2.24) is 5.32 Å². The summed E-state index contributed by atoms with van der Waals surface area (Å²) in [5.41, 5.74) is 0.740. The molecule has 3 rings (SSSR count). The van der Waals surface area contributed by atoms with Gasteiger partial charge in [-0.2, -0.15) is 0 Å². The second-order valence-corrected chi connectivity index (χ2v) is 6.95. The molecule has 2 N–H and O–H groups in total. The molecule has 0 fully saturated rings. The number of amides is 1. The number of fused-ring (bicyclic) bond motifs is 1. The molecule has 1 unspecified atom stereocenters. The number of carbonyl (C=O) groups excluding carboxylic acids is 3. The van der Waals surface area contributed by atoms with Crippen LogP contribution in [0.5, 0.6) is 0 Å². The number of hydrogen-bond donors (Lipinski definition) is 2. The fourth-order valence-electron chi connectivity index (χ4n) is 2.73. The third-order valence-corrected chi connectivity index (χ3v) is 4.35. The van der Waals surface area contributed by atoms with Gasteiger partial charge in [0.2, 0.25) is 0 Å². The number of alkyl carbamates (subject to hydrolysis) is 1. The smallest absolute Gasteiger partial charge is 0.408 e. The van der Waals surface area contributed by atoms with E-state index < -0.39 is 42.9 Å². The molecule has 1 atom stereocenters. The van der Waals surface area contributed by atoms with E-state index in [0.717, 1.165) is 12.5 Å². The molecule has 0 aliphatic rings. The van der Waals surface area contributed by atoms with Gasteiger partial charge in [-0.25, -0.2) is 4.79 Å². The number of rotatable bonds is 8. The van der Waals surface area contributed by atoms with Crippen LogP contribution in [-0.2, 0) is 30.5 Å². The zero-order valence-electron chi connectivity index (χ0n) is 18.1. The minimum absolute atomic E-state index is 0.0232. The minimum Gasteiger partial charge on any atom is -0.481 e. The molecule has 8 nitrogen and oxygen atoms in total. The SMILES string of the molecule is CC(=O)OCC(=O)C(CC(=O)O)NC(=O)OCc1ccccc1.c1ccc2ccccc2c1. The Bertz CT molecular complexity index is 1020. The second kappa shape index (κ2) is 13.3. The Morgan fingerprint density at radius 1 is 0.818 bits per heavy atom. The number of esters is 1. The van der Waals surface area contributed by atoms with Crippen LogP contribution in [0.15, 0.2) is 78.9 Å². The Labute approximate surface area is 191 Å². The van der Waals surface area contributed by atoms with E-state index in [1.807, 2.05) is 0 Å². The first kappa shape index (κ1) is 25.1. The van der Waals surface area contributed by atoms with Crippen LogP contribution in [0.25, 0.3) is 10.8 Å². The van der Waals surface area contributed by atoms with Gasteiger partial charge in [0.25, 0.3) is 0 Å². The van der Waals surface area contributed by atoms with Gasteiger partial charge in [-0.15, -0.1) is 0 Å². The van der Waals surface area contributed by atoms with Crippen molar-refractivity contribution < 1.29 is 33.8 Å². The summed E-state index contributed by atoms with van der Waals surface area (Å²) in [6, 6.07) is 24.2. The molecular formula is C25H25NO7. The lowest BCUT2D eigenvalue weighted by Crippen LogP contribution is -2.44. The molecule has 0 bridgehead atoms. The Morgan fingerprint density at radius 3 is 1.82 bits per heavy atom. The third-order valence-electron chi connectivity index (χ3n) is 4.35. The largest absolute Gasteiger partial charge is 0.481 e. The van der Waals surface area contributed by atoms with Crippen LogP contribution in [-0.4, -0.2) is 41.6 Å². The van der Waals surface area contributed by atoms with Gasteiger partial charge in [0.1, 0.15) is 12.6 Å². The lowest BCUT2D eigenvalue weighted by molar-refractivity contribution is -0.147. The van der Waals surface area contributed by atoms with Crippen molar-refractivity contribution in [1.29, 1.82) is 0 Å². The van der Waals surface area contributed by atoms with Gasteiger partial charge in [-0.3, -0.25) is 14.4 Å². The van der Waals surface area contributed by atoms with Gasteiger partial charge in [0.15, 0.2) is 12.4 Å². The molecule has 3 aromatic rings. The van der Waals surface area contributed by atoms with Gasteiger partial charge >= 0.3 is 18.0 Å². The Balaban J connectivity index is 0.000000315. The number of ketones is 1. The van der Waals surface area contributed by atoms with E-state index in [-0.39, 0.29) is 6.61 Å². The van der Waals surface area contributed by atoms with E-state index in [1.54, 1.807) is 30.3 Å². The number of nitrogens with one attached hydrogen (secondary N) is 1. The summed E-state index contributed by atoms with van der Waals surface area (Å²) in [6.07, 6.45) is -1.57. The van der Waals surface area contributed by atoms with Gasteiger partial charge in [0.05, 0.1) is 6.42 Å². The van der Waals surface area contributed by atoms with E-state index in [1.165, 1.54) is 10.8 Å². The van der Waals surface area contributed by atoms with Gasteiger partial charge in [-0.1, -0.05) is 78.9 Å². The quantitative estimate of drug-likeness (QED) is 0.501. The molecule has 0 saturated heterocycles. The first-order chi connectivity index (χ1) is 15.8. The number of aliphatic carboxylic acids is 1. The van der Waals surface area contributed by atoms with Crippen molar-refractivity contribution in [2.75, 3.05) is 6.61 Å². The molecule has 172 valence electrons. The standard InChI is InChI=1S/C15H17NO7.C10H8/c1-10(17)22-9-13(18)12(7-14(19)20)16-15(21)23-8-11-5-3-2-4-6-11;1-2-6-10-8-4-3-7-9(10)5-1/h2-6,12H,7-9H2,1H3,(H,16,21)(H,19,20);1-8H. The number of benzene rings is 3. The van der Waals surface area contributed by atoms with Crippen molar-refractivity contribution in [2.45, 2.75) is 26.0 Å². The first-order valence-electron chi connectivity index (χ1n) is 10.1. The van der Waals surface area contributed by atoms with Crippen LogP contribution < -0.4 is 5.32 Å². The van der Waals surface area contributed by atoms with Crippen LogP contribution in [0.2, 0.25) is 0 Å². The predicted molar refractivity (Wildman–Crippen MR) is 121 cm³/mol. The molecule has 0 aliphatic heterocycles. The van der Waals surface area contributed by atoms with Crippen molar-refractivity contribution in [3.05, 3.63) is 84.4 Å². The number of ether oxygens (including phenoxy) is 2. The summed E-state index contributed by atoms with van der Waals surface area (Å²) in [7, 11) is 0. The number of Topliss-reactive ketones (excluding diaryl/α,β-unsaturated/α-hetero) is 1. The normalized spacial score (nSPS) is 10.8. The highest BCUT2D eigenvalue weighted by atomic mass is 16.5. The summed E-state index contributed by atoms with van der Waals surface area (Å²) in [4.78, 5) is 44.9. The summed E-state index contributed by atoms with van der Waals surface area (Å²) in [6.45, 7) is 0.470. The predicted octanol–water partition coefficient (Wildman–Crippen LogP) is 3.73.